The van der Waals surface area contributed by atoms with E-state index in [-0.39, 0.29) is 17.6 Å². The van der Waals surface area contributed by atoms with Crippen LogP contribution in [0.1, 0.15) is 33.9 Å². The Kier molecular flexibility index (Phi) is 5.40. The molecule has 2 aliphatic rings. The van der Waals surface area contributed by atoms with Gasteiger partial charge in [0.05, 0.1) is 29.2 Å². The summed E-state index contributed by atoms with van der Waals surface area (Å²) in [5.41, 5.74) is 7.76. The zero-order valence-electron chi connectivity index (χ0n) is 21.3. The maximum absolute atomic E-state index is 14.5. The van der Waals surface area contributed by atoms with Crippen molar-refractivity contribution in [1.29, 1.82) is 0 Å². The monoisotopic (exact) mass is 512 g/mol. The highest BCUT2D eigenvalue weighted by Crippen LogP contribution is 2.52. The highest BCUT2D eigenvalue weighted by molar-refractivity contribution is 6.16. The first-order valence-electron chi connectivity index (χ1n) is 13.0. The molecule has 0 saturated heterocycles. The molecule has 0 fully saturated rings. The fourth-order valence-electron chi connectivity index (χ4n) is 5.78. The molecule has 1 N–H and O–H groups in total. The van der Waals surface area contributed by atoms with Crippen molar-refractivity contribution in [2.45, 2.75) is 19.4 Å². The van der Waals surface area contributed by atoms with Crippen LogP contribution in [0, 0.1) is 12.7 Å². The molecule has 0 radical (unpaired) electrons. The summed E-state index contributed by atoms with van der Waals surface area (Å²) in [6.45, 7) is 2.43. The summed E-state index contributed by atoms with van der Waals surface area (Å²) in [5.74, 6) is 0.0841. The van der Waals surface area contributed by atoms with Crippen molar-refractivity contribution in [1.82, 2.24) is 9.78 Å². The van der Waals surface area contributed by atoms with Crippen molar-refractivity contribution >= 4 is 23.1 Å². The van der Waals surface area contributed by atoms with Gasteiger partial charge in [-0.15, -0.1) is 0 Å². The Bertz CT molecular complexity index is 1740. The SMILES string of the molecule is Cc1nn(-c2ccccc2)c2c1C1C(=C(c3ccc(F)cc3)N2)C(=O)N(Cc2ccccc2)c2ccccc21. The second kappa shape index (κ2) is 9.10. The van der Waals surface area contributed by atoms with Gasteiger partial charge in [0.1, 0.15) is 11.6 Å². The normalized spacial score (nSPS) is 15.9. The van der Waals surface area contributed by atoms with Crippen LogP contribution in [0.15, 0.2) is 115 Å². The molecule has 7 rings (SSSR count). The van der Waals surface area contributed by atoms with Crippen LogP contribution in [0.2, 0.25) is 0 Å². The topological polar surface area (TPSA) is 50.2 Å². The average Bonchev–Trinajstić information content (AvgIpc) is 3.32. The van der Waals surface area contributed by atoms with Crippen LogP contribution >= 0.6 is 0 Å². The van der Waals surface area contributed by atoms with E-state index in [0.29, 0.717) is 17.8 Å². The molecule has 39 heavy (non-hydrogen) atoms. The zero-order chi connectivity index (χ0) is 26.5. The highest BCUT2D eigenvalue weighted by Gasteiger charge is 2.44. The van der Waals surface area contributed by atoms with E-state index in [0.717, 1.165) is 45.1 Å². The minimum atomic E-state index is -0.325. The Hall–Kier alpha value is -4.97. The van der Waals surface area contributed by atoms with Crippen LogP contribution in [0.4, 0.5) is 15.9 Å². The molecule has 190 valence electrons. The quantitative estimate of drug-likeness (QED) is 0.287. The molecular weight excluding hydrogens is 487 g/mol. The number of aryl methyl sites for hydroxylation is 1. The lowest BCUT2D eigenvalue weighted by Crippen LogP contribution is -2.41. The van der Waals surface area contributed by atoms with Crippen molar-refractivity contribution in [3.63, 3.8) is 0 Å². The zero-order valence-corrected chi connectivity index (χ0v) is 21.3. The molecule has 0 bridgehead atoms. The standard InChI is InChI=1S/C33H25FN4O/c1-21-28-29-26-14-8-9-15-27(26)37(20-22-10-4-2-5-11-22)33(39)30(29)31(23-16-18-24(34)19-17-23)35-32(28)38(36-21)25-12-6-3-7-13-25/h2-19,29,35H,20H2,1H3. The van der Waals surface area contributed by atoms with Gasteiger partial charge in [-0.2, -0.15) is 5.10 Å². The summed E-state index contributed by atoms with van der Waals surface area (Å²) >= 11 is 0. The Morgan fingerprint density at radius 2 is 1.51 bits per heavy atom. The Balaban J connectivity index is 1.49. The lowest BCUT2D eigenvalue weighted by Gasteiger charge is -2.40. The van der Waals surface area contributed by atoms with E-state index in [1.807, 2.05) is 95.4 Å². The highest BCUT2D eigenvalue weighted by atomic mass is 19.1. The van der Waals surface area contributed by atoms with Gasteiger partial charge in [-0.1, -0.05) is 66.7 Å². The van der Waals surface area contributed by atoms with Crippen LogP contribution in [0.3, 0.4) is 0 Å². The van der Waals surface area contributed by atoms with Gasteiger partial charge >= 0.3 is 0 Å². The molecule has 5 nitrogen and oxygen atoms in total. The third kappa shape index (κ3) is 3.76. The number of aromatic nitrogens is 2. The van der Waals surface area contributed by atoms with Crippen molar-refractivity contribution in [2.24, 2.45) is 0 Å². The van der Waals surface area contributed by atoms with Gasteiger partial charge in [0.25, 0.3) is 5.91 Å². The summed E-state index contributed by atoms with van der Waals surface area (Å²) in [4.78, 5) is 16.4. The minimum Gasteiger partial charge on any atom is -0.339 e. The van der Waals surface area contributed by atoms with E-state index < -0.39 is 0 Å². The van der Waals surface area contributed by atoms with Gasteiger partial charge in [-0.05, 0) is 66.1 Å². The number of halogens is 1. The minimum absolute atomic E-state index is 0.0770. The van der Waals surface area contributed by atoms with Gasteiger partial charge < -0.3 is 10.2 Å². The molecule has 1 atom stereocenters. The number of amides is 1. The van der Waals surface area contributed by atoms with Crippen LogP contribution < -0.4 is 10.2 Å². The van der Waals surface area contributed by atoms with Gasteiger partial charge in [0, 0.05) is 17.2 Å². The summed E-state index contributed by atoms with van der Waals surface area (Å²) in [5, 5.41) is 8.50. The number of carbonyl (C=O) groups is 1. The molecule has 6 heteroatoms. The first-order valence-corrected chi connectivity index (χ1v) is 13.0. The molecule has 1 aromatic heterocycles. The van der Waals surface area contributed by atoms with E-state index in [2.05, 4.69) is 11.4 Å². The average molecular weight is 513 g/mol. The predicted molar refractivity (Wildman–Crippen MR) is 151 cm³/mol. The molecule has 5 aromatic rings. The van der Waals surface area contributed by atoms with Crippen molar-refractivity contribution < 1.29 is 9.18 Å². The van der Waals surface area contributed by atoms with E-state index >= 15 is 0 Å². The van der Waals surface area contributed by atoms with Gasteiger partial charge in [-0.25, -0.2) is 9.07 Å². The Morgan fingerprint density at radius 3 is 2.26 bits per heavy atom. The van der Waals surface area contributed by atoms with E-state index in [1.165, 1.54) is 12.1 Å². The van der Waals surface area contributed by atoms with Crippen molar-refractivity contribution in [3.8, 4) is 5.69 Å². The van der Waals surface area contributed by atoms with Gasteiger partial charge in [0.15, 0.2) is 0 Å². The summed E-state index contributed by atoms with van der Waals surface area (Å²) < 4.78 is 15.9. The van der Waals surface area contributed by atoms with Crippen LogP contribution in [-0.2, 0) is 11.3 Å². The second-order valence-corrected chi connectivity index (χ2v) is 9.88. The lowest BCUT2D eigenvalue weighted by atomic mass is 9.76. The number of para-hydroxylation sites is 2. The predicted octanol–water partition coefficient (Wildman–Crippen LogP) is 6.84. The Labute approximate surface area is 225 Å². The van der Waals surface area contributed by atoms with Crippen LogP contribution in [0.5, 0.6) is 0 Å². The van der Waals surface area contributed by atoms with Crippen LogP contribution in [-0.4, -0.2) is 15.7 Å². The molecule has 0 spiro atoms. The number of hydrogen-bond donors (Lipinski definition) is 1. The molecule has 0 saturated carbocycles. The number of benzene rings is 4. The lowest BCUT2D eigenvalue weighted by molar-refractivity contribution is -0.115. The second-order valence-electron chi connectivity index (χ2n) is 9.88. The molecular formula is C33H25FN4O. The van der Waals surface area contributed by atoms with Crippen LogP contribution in [0.25, 0.3) is 11.4 Å². The number of rotatable bonds is 4. The molecule has 1 unspecified atom stereocenters. The van der Waals surface area contributed by atoms with E-state index in [9.17, 15) is 9.18 Å². The summed E-state index contributed by atoms with van der Waals surface area (Å²) in [6.07, 6.45) is 0. The fourth-order valence-corrected chi connectivity index (χ4v) is 5.78. The van der Waals surface area contributed by atoms with Gasteiger partial charge in [-0.3, -0.25) is 4.79 Å². The summed E-state index contributed by atoms with van der Waals surface area (Å²) in [6, 6.07) is 34.3. The summed E-state index contributed by atoms with van der Waals surface area (Å²) in [7, 11) is 0. The molecule has 3 heterocycles. The number of hydrogen-bond acceptors (Lipinski definition) is 3. The number of carbonyl (C=O) groups excluding carboxylic acids is 1. The third-order valence-corrected chi connectivity index (χ3v) is 7.53. The fraction of sp³-hybridized carbons (Fsp3) is 0.0909. The largest absolute Gasteiger partial charge is 0.339 e. The maximum Gasteiger partial charge on any atom is 0.257 e. The van der Waals surface area contributed by atoms with Crippen molar-refractivity contribution in [3.05, 3.63) is 149 Å². The van der Waals surface area contributed by atoms with E-state index in [4.69, 9.17) is 5.10 Å². The Morgan fingerprint density at radius 1 is 0.846 bits per heavy atom. The molecule has 2 aliphatic heterocycles. The maximum atomic E-state index is 14.5. The van der Waals surface area contributed by atoms with Gasteiger partial charge in [0.2, 0.25) is 0 Å². The number of nitrogens with zero attached hydrogens (tertiary/aromatic N) is 3. The molecule has 1 amide bonds. The number of nitrogens with one attached hydrogen (secondary N) is 1. The smallest absolute Gasteiger partial charge is 0.257 e. The van der Waals surface area contributed by atoms with E-state index in [1.54, 1.807) is 12.1 Å². The number of fused-ring (bicyclic) bond motifs is 5. The molecule has 0 aliphatic carbocycles. The first-order chi connectivity index (χ1) is 19.1. The van der Waals surface area contributed by atoms with Crippen molar-refractivity contribution in [2.75, 3.05) is 10.2 Å². The third-order valence-electron chi connectivity index (χ3n) is 7.53. The number of anilines is 2. The first kappa shape index (κ1) is 23.2. The molecule has 4 aromatic carbocycles.